The lowest BCUT2D eigenvalue weighted by molar-refractivity contribution is 0.530. The maximum Gasteiger partial charge on any atom is 0.204 e. The Bertz CT molecular complexity index is 706. The number of aromatic nitrogens is 1. The van der Waals surface area contributed by atoms with Gasteiger partial charge in [0.05, 0.1) is 11.9 Å². The van der Waals surface area contributed by atoms with E-state index in [1.807, 2.05) is 42.1 Å². The van der Waals surface area contributed by atoms with Gasteiger partial charge in [0.25, 0.3) is 0 Å². The highest BCUT2D eigenvalue weighted by Gasteiger charge is 2.06. The van der Waals surface area contributed by atoms with E-state index in [0.717, 1.165) is 28.7 Å². The largest absolute Gasteiger partial charge is 0.440 e. The Morgan fingerprint density at radius 2 is 1.71 bits per heavy atom. The Balaban J connectivity index is 1.60. The van der Waals surface area contributed by atoms with Gasteiger partial charge in [-0.25, -0.2) is 4.98 Å². The molecule has 0 aliphatic carbocycles. The number of thioether (sulfide) groups is 1. The van der Waals surface area contributed by atoms with Gasteiger partial charge in [0.2, 0.25) is 5.89 Å². The van der Waals surface area contributed by atoms with Gasteiger partial charge in [-0.2, -0.15) is 0 Å². The second kappa shape index (κ2) is 6.64. The molecule has 0 atom stereocenters. The molecule has 1 aromatic heterocycles. The molecule has 3 heteroatoms. The van der Waals surface area contributed by atoms with Crippen LogP contribution in [-0.2, 0) is 11.5 Å². The molecule has 3 aromatic rings. The zero-order chi connectivity index (χ0) is 14.5. The first-order valence-corrected chi connectivity index (χ1v) is 8.11. The van der Waals surface area contributed by atoms with Crippen LogP contribution in [0, 0.1) is 6.92 Å². The number of rotatable bonds is 5. The predicted molar refractivity (Wildman–Crippen MR) is 88.1 cm³/mol. The summed E-state index contributed by atoms with van der Waals surface area (Å²) in [5.74, 6) is 3.39. The molecule has 21 heavy (non-hydrogen) atoms. The van der Waals surface area contributed by atoms with Gasteiger partial charge in [-0.15, -0.1) is 11.8 Å². The van der Waals surface area contributed by atoms with Crippen molar-refractivity contribution in [2.45, 2.75) is 18.4 Å². The van der Waals surface area contributed by atoms with E-state index in [2.05, 4.69) is 36.2 Å². The second-order valence-corrected chi connectivity index (χ2v) is 5.89. The summed E-state index contributed by atoms with van der Waals surface area (Å²) in [6.07, 6.45) is 1.80. The van der Waals surface area contributed by atoms with Gasteiger partial charge in [-0.1, -0.05) is 54.6 Å². The molecule has 0 amide bonds. The van der Waals surface area contributed by atoms with Gasteiger partial charge in [-0.3, -0.25) is 0 Å². The molecular weight excluding hydrogens is 278 g/mol. The number of benzene rings is 2. The number of aryl methyl sites for hydroxylation is 1. The predicted octanol–water partition coefficient (Wildman–Crippen LogP) is 5.08. The van der Waals surface area contributed by atoms with E-state index in [-0.39, 0.29) is 0 Å². The van der Waals surface area contributed by atoms with Crippen LogP contribution in [-0.4, -0.2) is 4.98 Å². The maximum atomic E-state index is 5.81. The number of hydrogen-bond donors (Lipinski definition) is 0. The Morgan fingerprint density at radius 1 is 0.952 bits per heavy atom. The zero-order valence-electron chi connectivity index (χ0n) is 12.0. The molecule has 0 bridgehead atoms. The smallest absolute Gasteiger partial charge is 0.204 e. The second-order valence-electron chi connectivity index (χ2n) is 4.90. The monoisotopic (exact) mass is 295 g/mol. The lowest BCUT2D eigenvalue weighted by atomic mass is 10.1. The lowest BCUT2D eigenvalue weighted by Gasteiger charge is -2.03. The minimum absolute atomic E-state index is 0.785. The standard InChI is InChI=1S/C18H17NOS/c1-14-7-5-6-10-16(14)12-21-13-18-19-11-17(20-18)15-8-3-2-4-9-15/h2-11H,12-13H2,1H3. The van der Waals surface area contributed by atoms with Crippen molar-refractivity contribution < 1.29 is 4.42 Å². The van der Waals surface area contributed by atoms with Crippen LogP contribution in [0.2, 0.25) is 0 Å². The van der Waals surface area contributed by atoms with E-state index in [1.54, 1.807) is 6.20 Å². The SMILES string of the molecule is Cc1ccccc1CSCc1ncc(-c2ccccc2)o1. The normalized spacial score (nSPS) is 10.7. The van der Waals surface area contributed by atoms with Crippen LogP contribution in [0.1, 0.15) is 17.0 Å². The molecule has 0 saturated carbocycles. The van der Waals surface area contributed by atoms with E-state index in [4.69, 9.17) is 4.42 Å². The van der Waals surface area contributed by atoms with Crippen LogP contribution in [0.4, 0.5) is 0 Å². The van der Waals surface area contributed by atoms with Crippen LogP contribution in [0.15, 0.2) is 65.2 Å². The molecule has 0 unspecified atom stereocenters. The van der Waals surface area contributed by atoms with Crippen molar-refractivity contribution in [2.24, 2.45) is 0 Å². The van der Waals surface area contributed by atoms with Gasteiger partial charge in [0.15, 0.2) is 5.76 Å². The van der Waals surface area contributed by atoms with E-state index >= 15 is 0 Å². The minimum Gasteiger partial charge on any atom is -0.440 e. The summed E-state index contributed by atoms with van der Waals surface area (Å²) in [6, 6.07) is 18.6. The fourth-order valence-corrected chi connectivity index (χ4v) is 3.09. The van der Waals surface area contributed by atoms with Gasteiger partial charge in [-0.05, 0) is 18.1 Å². The van der Waals surface area contributed by atoms with Crippen molar-refractivity contribution in [1.29, 1.82) is 0 Å². The number of hydrogen-bond acceptors (Lipinski definition) is 3. The summed E-state index contributed by atoms with van der Waals surface area (Å²) in [5.41, 5.74) is 3.78. The molecule has 0 radical (unpaired) electrons. The van der Waals surface area contributed by atoms with Crippen molar-refractivity contribution in [1.82, 2.24) is 4.98 Å². The molecule has 2 aromatic carbocycles. The highest BCUT2D eigenvalue weighted by molar-refractivity contribution is 7.97. The molecule has 1 heterocycles. The summed E-state index contributed by atoms with van der Waals surface area (Å²) in [6.45, 7) is 2.15. The first-order valence-electron chi connectivity index (χ1n) is 6.95. The molecule has 3 rings (SSSR count). The molecule has 0 N–H and O–H groups in total. The Labute approximate surface area is 129 Å². The lowest BCUT2D eigenvalue weighted by Crippen LogP contribution is -1.86. The average molecular weight is 295 g/mol. The Morgan fingerprint density at radius 3 is 2.52 bits per heavy atom. The molecule has 0 aliphatic heterocycles. The van der Waals surface area contributed by atoms with Gasteiger partial charge >= 0.3 is 0 Å². The first kappa shape index (κ1) is 14.0. The van der Waals surface area contributed by atoms with E-state index in [9.17, 15) is 0 Å². The van der Waals surface area contributed by atoms with Crippen LogP contribution in [0.5, 0.6) is 0 Å². The van der Waals surface area contributed by atoms with Crippen LogP contribution < -0.4 is 0 Å². The Kier molecular flexibility index (Phi) is 4.41. The van der Waals surface area contributed by atoms with Crippen LogP contribution >= 0.6 is 11.8 Å². The van der Waals surface area contributed by atoms with E-state index in [0.29, 0.717) is 0 Å². The molecule has 2 nitrogen and oxygen atoms in total. The molecule has 0 fully saturated rings. The fourth-order valence-electron chi connectivity index (χ4n) is 2.13. The molecule has 0 spiro atoms. The molecule has 106 valence electrons. The first-order chi connectivity index (χ1) is 10.3. The average Bonchev–Trinajstić information content (AvgIpc) is 2.99. The van der Waals surface area contributed by atoms with Gasteiger partial charge in [0, 0.05) is 11.3 Å². The third-order valence-corrected chi connectivity index (χ3v) is 4.32. The Hall–Kier alpha value is -2.00. The topological polar surface area (TPSA) is 26.0 Å². The highest BCUT2D eigenvalue weighted by atomic mass is 32.2. The molecule has 0 aliphatic rings. The summed E-state index contributed by atoms with van der Waals surface area (Å²) >= 11 is 1.83. The fraction of sp³-hybridized carbons (Fsp3) is 0.167. The van der Waals surface area contributed by atoms with E-state index in [1.165, 1.54) is 11.1 Å². The minimum atomic E-state index is 0.785. The van der Waals surface area contributed by atoms with Gasteiger partial charge < -0.3 is 4.42 Å². The highest BCUT2D eigenvalue weighted by Crippen LogP contribution is 2.24. The zero-order valence-corrected chi connectivity index (χ0v) is 12.8. The van der Waals surface area contributed by atoms with Gasteiger partial charge in [0.1, 0.15) is 0 Å². The quantitative estimate of drug-likeness (QED) is 0.656. The van der Waals surface area contributed by atoms with Crippen molar-refractivity contribution >= 4 is 11.8 Å². The summed E-state index contributed by atoms with van der Waals surface area (Å²) in [7, 11) is 0. The van der Waals surface area contributed by atoms with Crippen molar-refractivity contribution in [3.8, 4) is 11.3 Å². The van der Waals surface area contributed by atoms with Crippen molar-refractivity contribution in [2.75, 3.05) is 0 Å². The van der Waals surface area contributed by atoms with Crippen molar-refractivity contribution in [3.63, 3.8) is 0 Å². The summed E-state index contributed by atoms with van der Waals surface area (Å²) < 4.78 is 5.81. The third kappa shape index (κ3) is 3.56. The summed E-state index contributed by atoms with van der Waals surface area (Å²) in [5, 5.41) is 0. The number of oxazole rings is 1. The van der Waals surface area contributed by atoms with E-state index < -0.39 is 0 Å². The van der Waals surface area contributed by atoms with Crippen LogP contribution in [0.3, 0.4) is 0 Å². The summed E-state index contributed by atoms with van der Waals surface area (Å²) in [4.78, 5) is 4.36. The molecule has 0 saturated heterocycles. The molecular formula is C18H17NOS. The van der Waals surface area contributed by atoms with Crippen LogP contribution in [0.25, 0.3) is 11.3 Å². The van der Waals surface area contributed by atoms with Crippen molar-refractivity contribution in [3.05, 3.63) is 77.8 Å². The third-order valence-electron chi connectivity index (χ3n) is 3.36. The maximum absolute atomic E-state index is 5.81. The number of nitrogens with zero attached hydrogens (tertiary/aromatic N) is 1.